The highest BCUT2D eigenvalue weighted by Crippen LogP contribution is 2.40. The van der Waals surface area contributed by atoms with Gasteiger partial charge in [0.1, 0.15) is 0 Å². The van der Waals surface area contributed by atoms with E-state index in [-0.39, 0.29) is 5.56 Å². The molecule has 1 aliphatic carbocycles. The SMILES string of the molecule is O=c1ccc(OC[C@@H]2CC[C@@H](Sc3ccccc3Cl)C2)n[nH]1. The Hall–Kier alpha value is -1.46. The second-order valence-electron chi connectivity index (χ2n) is 5.42. The lowest BCUT2D eigenvalue weighted by molar-refractivity contribution is 0.241. The van der Waals surface area contributed by atoms with Gasteiger partial charge in [0.05, 0.1) is 11.6 Å². The molecular weight excluding hydrogens is 320 g/mol. The molecular formula is C16H17ClN2O2S. The van der Waals surface area contributed by atoms with Crippen molar-refractivity contribution in [1.82, 2.24) is 10.2 Å². The van der Waals surface area contributed by atoms with Gasteiger partial charge in [-0.15, -0.1) is 16.9 Å². The van der Waals surface area contributed by atoms with E-state index in [0.717, 1.165) is 22.8 Å². The zero-order valence-corrected chi connectivity index (χ0v) is 13.6. The molecule has 2 atom stereocenters. The van der Waals surface area contributed by atoms with Crippen LogP contribution in [0.5, 0.6) is 5.88 Å². The average Bonchev–Trinajstić information content (AvgIpc) is 2.97. The zero-order chi connectivity index (χ0) is 15.4. The summed E-state index contributed by atoms with van der Waals surface area (Å²) in [6.07, 6.45) is 3.42. The normalized spacial score (nSPS) is 21.0. The Balaban J connectivity index is 1.49. The summed E-state index contributed by atoms with van der Waals surface area (Å²) in [4.78, 5) is 12.1. The molecule has 1 aliphatic rings. The quantitative estimate of drug-likeness (QED) is 0.903. The first-order chi connectivity index (χ1) is 10.7. The standard InChI is InChI=1S/C16H17ClN2O2S/c17-13-3-1-2-4-14(13)22-12-6-5-11(9-12)10-21-16-8-7-15(20)18-19-16/h1-4,7-8,11-12H,5-6,9-10H2,(H,18,20)/t11-,12-/m1/s1. The Labute approximate surface area is 138 Å². The summed E-state index contributed by atoms with van der Waals surface area (Å²) < 4.78 is 5.65. The van der Waals surface area contributed by atoms with Gasteiger partial charge in [0.15, 0.2) is 0 Å². The number of ether oxygens (including phenoxy) is 1. The smallest absolute Gasteiger partial charge is 0.264 e. The van der Waals surface area contributed by atoms with E-state index >= 15 is 0 Å². The Bertz CT molecular complexity index is 671. The Kier molecular flexibility index (Phi) is 5.05. The van der Waals surface area contributed by atoms with Gasteiger partial charge < -0.3 is 4.74 Å². The van der Waals surface area contributed by atoms with Gasteiger partial charge in [-0.1, -0.05) is 23.7 Å². The molecule has 1 heterocycles. The molecule has 116 valence electrons. The fraction of sp³-hybridized carbons (Fsp3) is 0.375. The number of nitrogens with one attached hydrogen (secondary N) is 1. The van der Waals surface area contributed by atoms with Crippen molar-refractivity contribution in [2.45, 2.75) is 29.4 Å². The van der Waals surface area contributed by atoms with Crippen molar-refractivity contribution < 1.29 is 4.74 Å². The number of hydrogen-bond acceptors (Lipinski definition) is 4. The first-order valence-electron chi connectivity index (χ1n) is 7.30. The first-order valence-corrected chi connectivity index (χ1v) is 8.56. The molecule has 0 spiro atoms. The van der Waals surface area contributed by atoms with Crippen LogP contribution in [0.4, 0.5) is 0 Å². The lowest BCUT2D eigenvalue weighted by Gasteiger charge is -2.12. The Morgan fingerprint density at radius 2 is 2.14 bits per heavy atom. The number of thioether (sulfide) groups is 1. The van der Waals surface area contributed by atoms with Gasteiger partial charge in [-0.2, -0.15) is 0 Å². The van der Waals surface area contributed by atoms with E-state index in [4.69, 9.17) is 16.3 Å². The van der Waals surface area contributed by atoms with Crippen LogP contribution in [0, 0.1) is 5.92 Å². The molecule has 3 rings (SSSR count). The van der Waals surface area contributed by atoms with Crippen molar-refractivity contribution in [3.05, 3.63) is 51.8 Å². The van der Waals surface area contributed by atoms with E-state index in [1.54, 1.807) is 6.07 Å². The van der Waals surface area contributed by atoms with Crippen LogP contribution in [-0.4, -0.2) is 22.1 Å². The molecule has 0 radical (unpaired) electrons. The third-order valence-electron chi connectivity index (χ3n) is 3.74. The molecule has 2 aromatic rings. The van der Waals surface area contributed by atoms with Gasteiger partial charge in [-0.3, -0.25) is 4.79 Å². The molecule has 0 aliphatic heterocycles. The lowest BCUT2D eigenvalue weighted by Crippen LogP contribution is -2.12. The maximum Gasteiger partial charge on any atom is 0.264 e. The summed E-state index contributed by atoms with van der Waals surface area (Å²) in [6, 6.07) is 11.0. The third-order valence-corrected chi connectivity index (χ3v) is 5.56. The molecule has 1 aromatic carbocycles. The van der Waals surface area contributed by atoms with Crippen LogP contribution in [0.25, 0.3) is 0 Å². The molecule has 0 bridgehead atoms. The predicted octanol–water partition coefficient (Wildman–Crippen LogP) is 3.76. The molecule has 1 N–H and O–H groups in total. The van der Waals surface area contributed by atoms with E-state index in [1.165, 1.54) is 12.5 Å². The average molecular weight is 337 g/mol. The van der Waals surface area contributed by atoms with Gasteiger partial charge in [-0.25, -0.2) is 5.10 Å². The van der Waals surface area contributed by atoms with Gasteiger partial charge >= 0.3 is 0 Å². The summed E-state index contributed by atoms with van der Waals surface area (Å²) >= 11 is 8.06. The third kappa shape index (κ3) is 4.05. The Morgan fingerprint density at radius 3 is 2.91 bits per heavy atom. The highest BCUT2D eigenvalue weighted by molar-refractivity contribution is 8.00. The van der Waals surface area contributed by atoms with E-state index < -0.39 is 0 Å². The van der Waals surface area contributed by atoms with Crippen LogP contribution in [0.2, 0.25) is 5.02 Å². The number of halogens is 1. The van der Waals surface area contributed by atoms with Crippen molar-refractivity contribution in [1.29, 1.82) is 0 Å². The molecule has 6 heteroatoms. The number of H-pyrrole nitrogens is 1. The second kappa shape index (κ2) is 7.20. The topological polar surface area (TPSA) is 55.0 Å². The van der Waals surface area contributed by atoms with Crippen LogP contribution in [0.15, 0.2) is 46.1 Å². The fourth-order valence-electron chi connectivity index (χ4n) is 2.62. The predicted molar refractivity (Wildman–Crippen MR) is 88.8 cm³/mol. The molecule has 1 aromatic heterocycles. The van der Waals surface area contributed by atoms with E-state index in [1.807, 2.05) is 30.0 Å². The minimum absolute atomic E-state index is 0.218. The van der Waals surface area contributed by atoms with Crippen LogP contribution in [0.3, 0.4) is 0 Å². The van der Waals surface area contributed by atoms with E-state index in [9.17, 15) is 4.79 Å². The summed E-state index contributed by atoms with van der Waals surface area (Å²) in [5, 5.41) is 7.63. The minimum Gasteiger partial charge on any atom is -0.476 e. The monoisotopic (exact) mass is 336 g/mol. The summed E-state index contributed by atoms with van der Waals surface area (Å²) in [7, 11) is 0. The van der Waals surface area contributed by atoms with Crippen LogP contribution >= 0.6 is 23.4 Å². The first kappa shape index (κ1) is 15.4. The summed E-state index contributed by atoms with van der Waals surface area (Å²) in [5.41, 5.74) is -0.218. The van der Waals surface area contributed by atoms with Crippen LogP contribution in [-0.2, 0) is 0 Å². The zero-order valence-electron chi connectivity index (χ0n) is 12.0. The maximum absolute atomic E-state index is 10.9. The number of aromatic nitrogens is 2. The number of nitrogens with zero attached hydrogens (tertiary/aromatic N) is 1. The van der Waals surface area contributed by atoms with Crippen molar-refractivity contribution in [2.24, 2.45) is 5.92 Å². The number of aromatic amines is 1. The molecule has 1 saturated carbocycles. The summed E-state index contributed by atoms with van der Waals surface area (Å²) in [6.45, 7) is 0.638. The van der Waals surface area contributed by atoms with Crippen molar-refractivity contribution in [3.8, 4) is 5.88 Å². The number of hydrogen-bond donors (Lipinski definition) is 1. The Morgan fingerprint density at radius 1 is 1.27 bits per heavy atom. The van der Waals surface area contributed by atoms with Gasteiger partial charge in [-0.05, 0) is 37.3 Å². The number of benzene rings is 1. The van der Waals surface area contributed by atoms with Crippen LogP contribution in [0.1, 0.15) is 19.3 Å². The highest BCUT2D eigenvalue weighted by atomic mass is 35.5. The van der Waals surface area contributed by atoms with Gasteiger partial charge in [0, 0.05) is 22.3 Å². The molecule has 4 nitrogen and oxygen atoms in total. The minimum atomic E-state index is -0.218. The van der Waals surface area contributed by atoms with Gasteiger partial charge in [0.25, 0.3) is 5.56 Å². The molecule has 1 fully saturated rings. The molecule has 0 saturated heterocycles. The van der Waals surface area contributed by atoms with E-state index in [0.29, 0.717) is 23.7 Å². The summed E-state index contributed by atoms with van der Waals surface area (Å²) in [5.74, 6) is 0.996. The lowest BCUT2D eigenvalue weighted by atomic mass is 10.1. The largest absolute Gasteiger partial charge is 0.476 e. The van der Waals surface area contributed by atoms with Crippen molar-refractivity contribution in [2.75, 3.05) is 6.61 Å². The molecule has 0 unspecified atom stereocenters. The molecule has 0 amide bonds. The highest BCUT2D eigenvalue weighted by Gasteiger charge is 2.26. The van der Waals surface area contributed by atoms with Gasteiger partial charge in [0.2, 0.25) is 5.88 Å². The number of rotatable bonds is 5. The maximum atomic E-state index is 10.9. The van der Waals surface area contributed by atoms with Crippen LogP contribution < -0.4 is 10.3 Å². The second-order valence-corrected chi connectivity index (χ2v) is 7.17. The van der Waals surface area contributed by atoms with Crippen molar-refractivity contribution in [3.63, 3.8) is 0 Å². The van der Waals surface area contributed by atoms with Crippen molar-refractivity contribution >= 4 is 23.4 Å². The molecule has 22 heavy (non-hydrogen) atoms. The van der Waals surface area contributed by atoms with E-state index in [2.05, 4.69) is 16.3 Å². The fourth-order valence-corrected chi connectivity index (χ4v) is 4.21.